The van der Waals surface area contributed by atoms with Gasteiger partial charge in [-0.3, -0.25) is 0 Å². The van der Waals surface area contributed by atoms with E-state index in [4.69, 9.17) is 0 Å². The molecular formula is C8H18S2. The molecule has 0 radical (unpaired) electrons. The van der Waals surface area contributed by atoms with Crippen LogP contribution in [-0.4, -0.2) is 15.6 Å². The van der Waals surface area contributed by atoms with Gasteiger partial charge in [0.05, 0.1) is 0 Å². The van der Waals surface area contributed by atoms with Gasteiger partial charge >= 0.3 is 0 Å². The SMILES string of the molecule is CCSC(C)SC(C)CC. The van der Waals surface area contributed by atoms with Crippen LogP contribution < -0.4 is 0 Å². The highest BCUT2D eigenvalue weighted by molar-refractivity contribution is 8.17. The smallest absolute Gasteiger partial charge is 0.0476 e. The summed E-state index contributed by atoms with van der Waals surface area (Å²) in [6.45, 7) is 9.07. The first kappa shape index (κ1) is 10.7. The summed E-state index contributed by atoms with van der Waals surface area (Å²) < 4.78 is 0.778. The normalized spacial score (nSPS) is 16.8. The van der Waals surface area contributed by atoms with E-state index in [0.29, 0.717) is 0 Å². The first-order valence-electron chi connectivity index (χ1n) is 3.97. The van der Waals surface area contributed by atoms with Crippen molar-refractivity contribution >= 4 is 23.5 Å². The lowest BCUT2D eigenvalue weighted by Crippen LogP contribution is -1.99. The third kappa shape index (κ3) is 5.48. The largest absolute Gasteiger partial charge is 0.148 e. The monoisotopic (exact) mass is 178 g/mol. The van der Waals surface area contributed by atoms with Crippen LogP contribution in [0.5, 0.6) is 0 Å². The van der Waals surface area contributed by atoms with Gasteiger partial charge in [0.25, 0.3) is 0 Å². The highest BCUT2D eigenvalue weighted by atomic mass is 32.2. The lowest BCUT2D eigenvalue weighted by Gasteiger charge is -2.13. The van der Waals surface area contributed by atoms with Crippen molar-refractivity contribution in [1.29, 1.82) is 0 Å². The van der Waals surface area contributed by atoms with Crippen molar-refractivity contribution in [2.24, 2.45) is 0 Å². The molecule has 2 heteroatoms. The minimum Gasteiger partial charge on any atom is -0.148 e. The Morgan fingerprint density at radius 3 is 2.20 bits per heavy atom. The first-order valence-corrected chi connectivity index (χ1v) is 5.96. The van der Waals surface area contributed by atoms with Crippen LogP contribution in [0, 0.1) is 0 Å². The van der Waals surface area contributed by atoms with E-state index in [9.17, 15) is 0 Å². The van der Waals surface area contributed by atoms with Crippen LogP contribution in [0.2, 0.25) is 0 Å². The fourth-order valence-corrected chi connectivity index (χ4v) is 3.31. The zero-order chi connectivity index (χ0) is 7.98. The number of hydrogen-bond acceptors (Lipinski definition) is 2. The van der Waals surface area contributed by atoms with E-state index in [1.165, 1.54) is 12.2 Å². The van der Waals surface area contributed by atoms with Crippen molar-refractivity contribution in [2.75, 3.05) is 5.75 Å². The van der Waals surface area contributed by atoms with Crippen LogP contribution in [0.1, 0.15) is 34.1 Å². The number of hydrogen-bond donors (Lipinski definition) is 0. The van der Waals surface area contributed by atoms with Gasteiger partial charge in [-0.25, -0.2) is 0 Å². The molecule has 0 nitrogen and oxygen atoms in total. The fraction of sp³-hybridized carbons (Fsp3) is 1.00. The second kappa shape index (κ2) is 6.41. The maximum Gasteiger partial charge on any atom is 0.0476 e. The zero-order valence-electron chi connectivity index (χ0n) is 7.39. The Kier molecular flexibility index (Phi) is 6.86. The van der Waals surface area contributed by atoms with Crippen LogP contribution in [0.25, 0.3) is 0 Å². The molecule has 0 aliphatic heterocycles. The lowest BCUT2D eigenvalue weighted by atomic mass is 10.4. The van der Waals surface area contributed by atoms with Gasteiger partial charge in [-0.1, -0.05) is 20.8 Å². The second-order valence-electron chi connectivity index (χ2n) is 2.38. The van der Waals surface area contributed by atoms with Crippen LogP contribution in [0.15, 0.2) is 0 Å². The second-order valence-corrected chi connectivity index (χ2v) is 6.08. The van der Waals surface area contributed by atoms with Crippen molar-refractivity contribution in [1.82, 2.24) is 0 Å². The molecule has 2 atom stereocenters. The topological polar surface area (TPSA) is 0 Å². The number of thioether (sulfide) groups is 2. The van der Waals surface area contributed by atoms with Gasteiger partial charge in [-0.2, -0.15) is 0 Å². The highest BCUT2D eigenvalue weighted by Gasteiger charge is 2.05. The molecule has 0 saturated heterocycles. The lowest BCUT2D eigenvalue weighted by molar-refractivity contribution is 0.905. The minimum atomic E-state index is 0.778. The van der Waals surface area contributed by atoms with E-state index in [1.807, 2.05) is 11.8 Å². The summed E-state index contributed by atoms with van der Waals surface area (Å²) in [6.07, 6.45) is 1.29. The fourth-order valence-electron chi connectivity index (χ4n) is 0.697. The standard InChI is InChI=1S/C8H18S2/c1-5-7(3)10-8(4)9-6-2/h7-8H,5-6H2,1-4H3. The van der Waals surface area contributed by atoms with Crippen molar-refractivity contribution in [2.45, 2.75) is 43.9 Å². The van der Waals surface area contributed by atoms with Gasteiger partial charge in [-0.05, 0) is 19.1 Å². The third-order valence-corrected chi connectivity index (χ3v) is 4.13. The molecule has 0 saturated carbocycles. The van der Waals surface area contributed by atoms with Crippen molar-refractivity contribution < 1.29 is 0 Å². The van der Waals surface area contributed by atoms with Crippen LogP contribution >= 0.6 is 23.5 Å². The Bertz CT molecular complexity index is 73.7. The molecule has 0 aliphatic carbocycles. The third-order valence-electron chi connectivity index (χ3n) is 1.40. The molecule has 0 fully saturated rings. The molecule has 10 heavy (non-hydrogen) atoms. The summed E-state index contributed by atoms with van der Waals surface area (Å²) in [5.41, 5.74) is 0. The zero-order valence-corrected chi connectivity index (χ0v) is 9.02. The molecule has 0 aromatic heterocycles. The molecule has 0 aliphatic rings. The average molecular weight is 178 g/mol. The summed E-state index contributed by atoms with van der Waals surface area (Å²) in [6, 6.07) is 0. The maximum atomic E-state index is 2.30. The van der Waals surface area contributed by atoms with E-state index < -0.39 is 0 Å². The van der Waals surface area contributed by atoms with E-state index in [0.717, 1.165) is 9.83 Å². The van der Waals surface area contributed by atoms with E-state index in [1.54, 1.807) is 0 Å². The van der Waals surface area contributed by atoms with Gasteiger partial charge in [0, 0.05) is 9.83 Å². The summed E-state index contributed by atoms with van der Waals surface area (Å²) in [5, 5.41) is 0.828. The Morgan fingerprint density at radius 1 is 1.20 bits per heavy atom. The summed E-state index contributed by atoms with van der Waals surface area (Å²) >= 11 is 4.12. The Balaban J connectivity index is 3.27. The predicted octanol–water partition coefficient (Wildman–Crippen LogP) is 3.62. The average Bonchev–Trinajstić information content (AvgIpc) is 1.88. The Hall–Kier alpha value is 0.700. The van der Waals surface area contributed by atoms with Crippen LogP contribution in [0.4, 0.5) is 0 Å². The molecule has 0 rings (SSSR count). The molecule has 0 amide bonds. The molecule has 0 heterocycles. The van der Waals surface area contributed by atoms with Crippen molar-refractivity contribution in [3.05, 3.63) is 0 Å². The minimum absolute atomic E-state index is 0.778. The van der Waals surface area contributed by atoms with Crippen LogP contribution in [0.3, 0.4) is 0 Å². The molecule has 62 valence electrons. The van der Waals surface area contributed by atoms with Crippen molar-refractivity contribution in [3.8, 4) is 0 Å². The van der Waals surface area contributed by atoms with Gasteiger partial charge in [0.15, 0.2) is 0 Å². The first-order chi connectivity index (χ1) is 4.70. The van der Waals surface area contributed by atoms with Crippen molar-refractivity contribution in [3.63, 3.8) is 0 Å². The highest BCUT2D eigenvalue weighted by Crippen LogP contribution is 2.27. The quantitative estimate of drug-likeness (QED) is 0.590. The van der Waals surface area contributed by atoms with Gasteiger partial charge in [0.1, 0.15) is 0 Å². The molecule has 0 N–H and O–H groups in total. The number of rotatable bonds is 5. The molecule has 0 spiro atoms. The predicted molar refractivity (Wildman–Crippen MR) is 54.9 cm³/mol. The Morgan fingerprint density at radius 2 is 1.80 bits per heavy atom. The van der Waals surface area contributed by atoms with Gasteiger partial charge in [-0.15, -0.1) is 23.5 Å². The molecular weight excluding hydrogens is 160 g/mol. The van der Waals surface area contributed by atoms with Gasteiger partial charge < -0.3 is 0 Å². The van der Waals surface area contributed by atoms with Gasteiger partial charge in [0.2, 0.25) is 0 Å². The summed E-state index contributed by atoms with van der Waals surface area (Å²) in [4.78, 5) is 0. The summed E-state index contributed by atoms with van der Waals surface area (Å²) in [5.74, 6) is 1.24. The molecule has 2 unspecified atom stereocenters. The van der Waals surface area contributed by atoms with E-state index in [2.05, 4.69) is 39.5 Å². The van der Waals surface area contributed by atoms with E-state index in [-0.39, 0.29) is 0 Å². The maximum absolute atomic E-state index is 2.30. The summed E-state index contributed by atoms with van der Waals surface area (Å²) in [7, 11) is 0. The van der Waals surface area contributed by atoms with E-state index >= 15 is 0 Å². The molecule has 0 aromatic rings. The Labute approximate surface area is 73.5 Å². The molecule has 0 bridgehead atoms. The van der Waals surface area contributed by atoms with Crippen LogP contribution in [-0.2, 0) is 0 Å². The molecule has 0 aromatic carbocycles.